The van der Waals surface area contributed by atoms with Crippen LogP contribution in [0.2, 0.25) is 0 Å². The van der Waals surface area contributed by atoms with Crippen molar-refractivity contribution in [1.29, 1.82) is 0 Å². The van der Waals surface area contributed by atoms with E-state index >= 15 is 0 Å². The van der Waals surface area contributed by atoms with Crippen LogP contribution >= 0.6 is 11.3 Å². The van der Waals surface area contributed by atoms with Gasteiger partial charge in [-0.2, -0.15) is 0 Å². The van der Waals surface area contributed by atoms with Crippen molar-refractivity contribution in [3.05, 3.63) is 16.5 Å². The van der Waals surface area contributed by atoms with Gasteiger partial charge in [-0.3, -0.25) is 4.79 Å². The number of nitrogens with two attached hydrogens (primary N) is 2. The number of nitrogens with one attached hydrogen (secondary N) is 1. The zero-order valence-corrected chi connectivity index (χ0v) is 14.5. The first kappa shape index (κ1) is 15.7. The van der Waals surface area contributed by atoms with Gasteiger partial charge in [-0.15, -0.1) is 11.3 Å². The highest BCUT2D eigenvalue weighted by Crippen LogP contribution is 2.41. The fraction of sp³-hybridized carbons (Fsp3) is 0.529. The van der Waals surface area contributed by atoms with Crippen LogP contribution in [0.25, 0.3) is 10.2 Å². The first-order valence-electron chi connectivity index (χ1n) is 8.63. The molecular weight excluding hydrogens is 322 g/mol. The Balaban J connectivity index is 1.88. The number of nitrogens with zero attached hydrogens (tertiary/aromatic N) is 2. The van der Waals surface area contributed by atoms with Gasteiger partial charge in [0.05, 0.1) is 5.69 Å². The van der Waals surface area contributed by atoms with Gasteiger partial charge in [0.1, 0.15) is 15.5 Å². The summed E-state index contributed by atoms with van der Waals surface area (Å²) in [5.74, 6) is 0.962. The second kappa shape index (κ2) is 6.22. The van der Waals surface area contributed by atoms with E-state index in [1.54, 1.807) is 0 Å². The summed E-state index contributed by atoms with van der Waals surface area (Å²) in [4.78, 5) is 20.2. The summed E-state index contributed by atoms with van der Waals surface area (Å²) in [6, 6.07) is 2.19. The molecule has 1 unspecified atom stereocenters. The van der Waals surface area contributed by atoms with Crippen LogP contribution in [-0.2, 0) is 0 Å². The molecule has 5 N–H and O–H groups in total. The fourth-order valence-electron chi connectivity index (χ4n) is 3.85. The molecule has 0 aromatic carbocycles. The SMILES string of the molecule is NC(=O)c1sc2nc(N3CCCCC3)cc(C3CCNC3)c2c1N. The normalized spacial score (nSPS) is 21.5. The summed E-state index contributed by atoms with van der Waals surface area (Å²) in [6.07, 6.45) is 4.79. The molecule has 2 aliphatic rings. The maximum Gasteiger partial charge on any atom is 0.260 e. The van der Waals surface area contributed by atoms with Crippen LogP contribution in [0.5, 0.6) is 0 Å². The molecule has 6 nitrogen and oxygen atoms in total. The molecule has 24 heavy (non-hydrogen) atoms. The van der Waals surface area contributed by atoms with Crippen molar-refractivity contribution in [3.63, 3.8) is 0 Å². The molecule has 1 atom stereocenters. The van der Waals surface area contributed by atoms with Crippen LogP contribution in [-0.4, -0.2) is 37.1 Å². The highest BCUT2D eigenvalue weighted by atomic mass is 32.1. The monoisotopic (exact) mass is 345 g/mol. The molecule has 2 aromatic rings. The second-order valence-corrected chi connectivity index (χ2v) is 7.70. The Labute approximate surface area is 145 Å². The van der Waals surface area contributed by atoms with E-state index in [-0.39, 0.29) is 0 Å². The standard InChI is InChI=1S/C17H23N5OS/c18-14-13-11(10-4-5-20-9-10)8-12(22-6-2-1-3-7-22)21-17(13)24-15(14)16(19)23/h8,10,20H,1-7,9,18H2,(H2,19,23). The van der Waals surface area contributed by atoms with Gasteiger partial charge in [0.25, 0.3) is 5.91 Å². The van der Waals surface area contributed by atoms with Gasteiger partial charge < -0.3 is 21.7 Å². The minimum Gasteiger partial charge on any atom is -0.397 e. The van der Waals surface area contributed by atoms with Gasteiger partial charge >= 0.3 is 0 Å². The van der Waals surface area contributed by atoms with Crippen molar-refractivity contribution in [1.82, 2.24) is 10.3 Å². The molecule has 1 amide bonds. The fourth-order valence-corrected chi connectivity index (χ4v) is 4.82. The molecule has 2 aromatic heterocycles. The number of carbonyl (C=O) groups excluding carboxylic acids is 1. The first-order valence-corrected chi connectivity index (χ1v) is 9.45. The van der Waals surface area contributed by atoms with Gasteiger partial charge in [-0.25, -0.2) is 4.98 Å². The van der Waals surface area contributed by atoms with Crippen molar-refractivity contribution in [3.8, 4) is 0 Å². The van der Waals surface area contributed by atoms with Gasteiger partial charge in [-0.05, 0) is 49.8 Å². The van der Waals surface area contributed by atoms with Crippen molar-refractivity contribution < 1.29 is 4.79 Å². The number of thiophene rings is 1. The average molecular weight is 345 g/mol. The molecule has 128 valence electrons. The smallest absolute Gasteiger partial charge is 0.260 e. The van der Waals surface area contributed by atoms with E-state index < -0.39 is 5.91 Å². The Hall–Kier alpha value is -1.86. The zero-order chi connectivity index (χ0) is 16.7. The average Bonchev–Trinajstić information content (AvgIpc) is 3.23. The minimum atomic E-state index is -0.467. The Morgan fingerprint density at radius 3 is 2.79 bits per heavy atom. The highest BCUT2D eigenvalue weighted by Gasteiger charge is 2.26. The molecule has 0 spiro atoms. The molecule has 0 bridgehead atoms. The summed E-state index contributed by atoms with van der Waals surface area (Å²) in [7, 11) is 0. The summed E-state index contributed by atoms with van der Waals surface area (Å²) in [6.45, 7) is 4.05. The van der Waals surface area contributed by atoms with E-state index in [0.29, 0.717) is 16.5 Å². The van der Waals surface area contributed by atoms with E-state index in [1.807, 2.05) is 0 Å². The van der Waals surface area contributed by atoms with Gasteiger partial charge in [0.15, 0.2) is 0 Å². The number of rotatable bonds is 3. The Kier molecular flexibility index (Phi) is 4.05. The molecule has 0 aliphatic carbocycles. The van der Waals surface area contributed by atoms with Crippen molar-refractivity contribution in [2.75, 3.05) is 36.8 Å². The van der Waals surface area contributed by atoms with Crippen LogP contribution in [0.1, 0.15) is 46.8 Å². The van der Waals surface area contributed by atoms with Crippen molar-refractivity contribution in [2.24, 2.45) is 5.73 Å². The van der Waals surface area contributed by atoms with Gasteiger partial charge in [0, 0.05) is 25.0 Å². The number of anilines is 2. The lowest BCUT2D eigenvalue weighted by Gasteiger charge is -2.28. The third-order valence-electron chi connectivity index (χ3n) is 5.12. The molecule has 2 saturated heterocycles. The van der Waals surface area contributed by atoms with E-state index in [0.717, 1.165) is 48.6 Å². The van der Waals surface area contributed by atoms with Crippen molar-refractivity contribution >= 4 is 39.0 Å². The molecule has 4 rings (SSSR count). The van der Waals surface area contributed by atoms with Crippen molar-refractivity contribution in [2.45, 2.75) is 31.6 Å². The van der Waals surface area contributed by atoms with Crippen LogP contribution < -0.4 is 21.7 Å². The number of pyridine rings is 1. The van der Waals surface area contributed by atoms with Gasteiger partial charge in [-0.1, -0.05) is 0 Å². The number of carbonyl (C=O) groups is 1. The van der Waals surface area contributed by atoms with E-state index in [1.165, 1.54) is 36.2 Å². The predicted octanol–water partition coefficient (Wildman–Crippen LogP) is 2.04. The predicted molar refractivity (Wildman–Crippen MR) is 98.8 cm³/mol. The summed E-state index contributed by atoms with van der Waals surface area (Å²) in [5, 5.41) is 4.35. The molecule has 2 aliphatic heterocycles. The quantitative estimate of drug-likeness (QED) is 0.791. The number of fused-ring (bicyclic) bond motifs is 1. The number of nitrogen functional groups attached to an aromatic ring is 1. The Morgan fingerprint density at radius 1 is 1.33 bits per heavy atom. The maximum atomic E-state index is 11.7. The number of hydrogen-bond acceptors (Lipinski definition) is 6. The third-order valence-corrected chi connectivity index (χ3v) is 6.23. The summed E-state index contributed by atoms with van der Waals surface area (Å²) in [5.41, 5.74) is 13.5. The van der Waals surface area contributed by atoms with Gasteiger partial charge in [0.2, 0.25) is 0 Å². The van der Waals surface area contributed by atoms with E-state index in [4.69, 9.17) is 16.5 Å². The number of primary amides is 1. The number of amides is 1. The first-order chi connectivity index (χ1) is 11.6. The highest BCUT2D eigenvalue weighted by molar-refractivity contribution is 7.21. The lowest BCUT2D eigenvalue weighted by Crippen LogP contribution is -2.30. The minimum absolute atomic E-state index is 0.414. The number of hydrogen-bond donors (Lipinski definition) is 3. The largest absolute Gasteiger partial charge is 0.397 e. The van der Waals surface area contributed by atoms with Crippen LogP contribution in [0.4, 0.5) is 11.5 Å². The van der Waals surface area contributed by atoms with Crippen LogP contribution in [0, 0.1) is 0 Å². The lowest BCUT2D eigenvalue weighted by atomic mass is 9.95. The molecule has 0 radical (unpaired) electrons. The summed E-state index contributed by atoms with van der Waals surface area (Å²) >= 11 is 1.33. The number of aromatic nitrogens is 1. The van der Waals surface area contributed by atoms with E-state index in [9.17, 15) is 4.79 Å². The third kappa shape index (κ3) is 2.61. The Bertz CT molecular complexity index is 775. The van der Waals surface area contributed by atoms with Crippen LogP contribution in [0.15, 0.2) is 6.07 Å². The Morgan fingerprint density at radius 2 is 2.12 bits per heavy atom. The number of piperidine rings is 1. The lowest BCUT2D eigenvalue weighted by molar-refractivity contribution is 0.100. The molecule has 4 heterocycles. The maximum absolute atomic E-state index is 11.7. The summed E-state index contributed by atoms with van der Waals surface area (Å²) < 4.78 is 0. The molecular formula is C17H23N5OS. The second-order valence-electron chi connectivity index (χ2n) is 6.70. The van der Waals surface area contributed by atoms with Crippen LogP contribution in [0.3, 0.4) is 0 Å². The topological polar surface area (TPSA) is 97.3 Å². The van der Waals surface area contributed by atoms with E-state index in [2.05, 4.69) is 16.3 Å². The molecule has 7 heteroatoms. The molecule has 0 saturated carbocycles. The zero-order valence-electron chi connectivity index (χ0n) is 13.7. The molecule has 2 fully saturated rings.